The normalized spacial score (nSPS) is 15.8. The van der Waals surface area contributed by atoms with Crippen molar-refractivity contribution in [2.45, 2.75) is 52.0 Å². The maximum Gasteiger partial charge on any atom is 0.284 e. The molecule has 0 spiro atoms. The van der Waals surface area contributed by atoms with E-state index in [2.05, 4.69) is 4.98 Å². The Bertz CT molecular complexity index is 881. The molecule has 1 unspecified atom stereocenters. The number of imidazole rings is 1. The van der Waals surface area contributed by atoms with Gasteiger partial charge in [-0.2, -0.15) is 0 Å². The van der Waals surface area contributed by atoms with E-state index < -0.39 is 17.2 Å². The van der Waals surface area contributed by atoms with Gasteiger partial charge in [0.2, 0.25) is 0 Å². The molecule has 9 heteroatoms. The number of aryl methyl sites for hydroxylation is 1. The molecule has 0 aliphatic heterocycles. The molecule has 7 nitrogen and oxygen atoms in total. The molecule has 29 heavy (non-hydrogen) atoms. The van der Waals surface area contributed by atoms with Gasteiger partial charge in [0.25, 0.3) is 17.2 Å². The average molecular weight is 440 g/mol. The van der Waals surface area contributed by atoms with Gasteiger partial charge in [-0.15, -0.1) is 0 Å². The summed E-state index contributed by atoms with van der Waals surface area (Å²) in [6.07, 6.45) is 8.52. The Morgan fingerprint density at radius 1 is 1.38 bits per heavy atom. The highest BCUT2D eigenvalue weighted by atomic mass is 35.5. The predicted octanol–water partition coefficient (Wildman–Crippen LogP) is 3.97. The lowest BCUT2D eigenvalue weighted by molar-refractivity contribution is 0.0976. The number of aromatic nitrogens is 2. The molecule has 0 radical (unpaired) electrons. The lowest BCUT2D eigenvalue weighted by Gasteiger charge is -2.21. The van der Waals surface area contributed by atoms with Crippen molar-refractivity contribution in [3.05, 3.63) is 46.5 Å². The van der Waals surface area contributed by atoms with E-state index in [1.54, 1.807) is 6.20 Å². The molecule has 1 saturated carbocycles. The number of hydrogen-bond donors (Lipinski definition) is 2. The van der Waals surface area contributed by atoms with Crippen molar-refractivity contribution in [3.63, 3.8) is 0 Å². The number of amides is 1. The molecule has 2 aromatic rings. The van der Waals surface area contributed by atoms with E-state index in [4.69, 9.17) is 20.9 Å². The monoisotopic (exact) mass is 439 g/mol. The minimum atomic E-state index is -2.43. The molecule has 158 valence electrons. The van der Waals surface area contributed by atoms with Crippen LogP contribution in [0.25, 0.3) is 0 Å². The van der Waals surface area contributed by atoms with Gasteiger partial charge >= 0.3 is 0 Å². The fraction of sp³-hybridized carbons (Fsp3) is 0.500. The number of rotatable bonds is 8. The molecule has 1 heterocycles. The van der Waals surface area contributed by atoms with Gasteiger partial charge in [0.05, 0.1) is 13.2 Å². The molecule has 1 atom stereocenters. The smallest absolute Gasteiger partial charge is 0.284 e. The summed E-state index contributed by atoms with van der Waals surface area (Å²) >= 11 is 4.04. The average Bonchev–Trinajstić information content (AvgIpc) is 3.12. The lowest BCUT2D eigenvalue weighted by Crippen LogP contribution is -2.25. The third-order valence-electron chi connectivity index (χ3n) is 5.16. The summed E-state index contributed by atoms with van der Waals surface area (Å²) in [6, 6.07) is 5.65. The van der Waals surface area contributed by atoms with Crippen LogP contribution in [-0.2, 0) is 24.2 Å². The number of nitrogens with one attached hydrogen (secondary N) is 1. The van der Waals surface area contributed by atoms with Crippen LogP contribution < -0.4 is 9.46 Å². The zero-order chi connectivity index (χ0) is 20.8. The molecule has 0 bridgehead atoms. The van der Waals surface area contributed by atoms with E-state index in [1.807, 2.05) is 34.4 Å². The number of carbonyl (C=O) groups is 1. The Morgan fingerprint density at radius 3 is 2.79 bits per heavy atom. The molecule has 1 aliphatic rings. The Labute approximate surface area is 178 Å². The molecule has 0 saturated heterocycles. The van der Waals surface area contributed by atoms with E-state index in [9.17, 15) is 9.00 Å². The maximum absolute atomic E-state index is 11.9. The van der Waals surface area contributed by atoms with Crippen LogP contribution in [0.4, 0.5) is 0 Å². The first-order chi connectivity index (χ1) is 14.0. The number of hydrogen-bond acceptors (Lipinski definition) is 4. The zero-order valence-electron chi connectivity index (χ0n) is 16.4. The zero-order valence-corrected chi connectivity index (χ0v) is 18.0. The molecular weight excluding hydrogens is 414 g/mol. The van der Waals surface area contributed by atoms with Gasteiger partial charge in [0, 0.05) is 17.6 Å². The van der Waals surface area contributed by atoms with Gasteiger partial charge in [0.1, 0.15) is 17.3 Å². The molecule has 1 aromatic carbocycles. The first-order valence-electron chi connectivity index (χ1n) is 9.85. The molecule has 1 fully saturated rings. The first-order valence-corrected chi connectivity index (χ1v) is 11.3. The van der Waals surface area contributed by atoms with Gasteiger partial charge in [-0.25, -0.2) is 13.9 Å². The third kappa shape index (κ3) is 6.04. The molecule has 2 N–H and O–H groups in total. The first kappa shape index (κ1) is 21.8. The number of carbonyl (C=O) groups excluding carboxylic acids is 1. The summed E-state index contributed by atoms with van der Waals surface area (Å²) in [5.74, 6) is 1.37. The standard InChI is InChI=1S/C20H26ClN3O4S/c1-2-19-22-18(20(25)23-29(26)27)12-24(19)11-15-8-9-16(10-17(15)21)28-13-14-6-4-3-5-7-14/h8-10,12,14H,2-7,11,13H2,1H3,(H,23,25)(H,26,27). The maximum atomic E-state index is 11.9. The van der Waals surface area contributed by atoms with Gasteiger partial charge in [0.15, 0.2) is 0 Å². The van der Waals surface area contributed by atoms with Gasteiger partial charge < -0.3 is 9.30 Å². The van der Waals surface area contributed by atoms with Crippen LogP contribution in [0.5, 0.6) is 5.75 Å². The second-order valence-corrected chi connectivity index (χ2v) is 8.38. The minimum Gasteiger partial charge on any atom is -0.493 e. The van der Waals surface area contributed by atoms with E-state index in [1.165, 1.54) is 32.1 Å². The fourth-order valence-electron chi connectivity index (χ4n) is 3.61. The Kier molecular flexibility index (Phi) is 7.69. The topological polar surface area (TPSA) is 93.5 Å². The highest BCUT2D eigenvalue weighted by Crippen LogP contribution is 2.27. The molecule has 3 rings (SSSR count). The summed E-state index contributed by atoms with van der Waals surface area (Å²) < 4.78 is 29.3. The Morgan fingerprint density at radius 2 is 2.14 bits per heavy atom. The van der Waals surface area contributed by atoms with Crippen molar-refractivity contribution in [2.75, 3.05) is 6.61 Å². The number of halogens is 1. The van der Waals surface area contributed by atoms with E-state index in [0.717, 1.165) is 17.9 Å². The third-order valence-corrected chi connectivity index (χ3v) is 5.88. The largest absolute Gasteiger partial charge is 0.493 e. The fourth-order valence-corrected chi connectivity index (χ4v) is 4.11. The predicted molar refractivity (Wildman–Crippen MR) is 112 cm³/mol. The van der Waals surface area contributed by atoms with Crippen LogP contribution in [0.3, 0.4) is 0 Å². The van der Waals surface area contributed by atoms with Crippen LogP contribution in [0.2, 0.25) is 5.02 Å². The summed E-state index contributed by atoms with van der Waals surface area (Å²) in [7, 11) is 0. The summed E-state index contributed by atoms with van der Waals surface area (Å²) in [5, 5.41) is 0.587. The molecular formula is C20H26ClN3O4S. The van der Waals surface area contributed by atoms with E-state index in [0.29, 0.717) is 29.7 Å². The highest BCUT2D eigenvalue weighted by Gasteiger charge is 2.17. The van der Waals surface area contributed by atoms with Crippen molar-refractivity contribution in [1.29, 1.82) is 0 Å². The van der Waals surface area contributed by atoms with Crippen molar-refractivity contribution in [2.24, 2.45) is 5.92 Å². The Hall–Kier alpha value is -1.90. The van der Waals surface area contributed by atoms with Crippen molar-refractivity contribution in [1.82, 2.24) is 14.3 Å². The summed E-state index contributed by atoms with van der Waals surface area (Å²) in [4.78, 5) is 16.2. The molecule has 1 aromatic heterocycles. The van der Waals surface area contributed by atoms with Crippen LogP contribution in [0.15, 0.2) is 24.4 Å². The Balaban J connectivity index is 1.67. The van der Waals surface area contributed by atoms with Crippen LogP contribution in [0.1, 0.15) is 60.9 Å². The van der Waals surface area contributed by atoms with Gasteiger partial charge in [-0.05, 0) is 36.5 Å². The summed E-state index contributed by atoms with van der Waals surface area (Å²) in [6.45, 7) is 3.09. The van der Waals surface area contributed by atoms with E-state index in [-0.39, 0.29) is 5.69 Å². The molecule has 1 aliphatic carbocycles. The summed E-state index contributed by atoms with van der Waals surface area (Å²) in [5.41, 5.74) is 0.967. The number of nitrogens with zero attached hydrogens (tertiary/aromatic N) is 2. The van der Waals surface area contributed by atoms with E-state index >= 15 is 0 Å². The van der Waals surface area contributed by atoms with Crippen LogP contribution >= 0.6 is 11.6 Å². The van der Waals surface area contributed by atoms with Crippen molar-refractivity contribution >= 4 is 28.8 Å². The molecule has 1 amide bonds. The van der Waals surface area contributed by atoms with Gasteiger partial charge in [-0.3, -0.25) is 9.35 Å². The number of benzene rings is 1. The second-order valence-electron chi connectivity index (χ2n) is 7.27. The second kappa shape index (κ2) is 10.2. The minimum absolute atomic E-state index is 0.0906. The SMILES string of the molecule is CCc1nc(C(=O)NS(=O)O)cn1Cc1ccc(OCC2CCCCC2)cc1Cl. The van der Waals surface area contributed by atoms with Crippen molar-refractivity contribution < 1.29 is 18.3 Å². The van der Waals surface area contributed by atoms with Crippen molar-refractivity contribution in [3.8, 4) is 5.75 Å². The quantitative estimate of drug-likeness (QED) is 0.607. The van der Waals surface area contributed by atoms with Crippen LogP contribution in [0, 0.1) is 5.92 Å². The number of ether oxygens (including phenoxy) is 1. The highest BCUT2D eigenvalue weighted by molar-refractivity contribution is 7.77. The lowest BCUT2D eigenvalue weighted by atomic mass is 9.90. The van der Waals surface area contributed by atoms with Gasteiger partial charge in [-0.1, -0.05) is 43.9 Å². The van der Waals surface area contributed by atoms with Crippen LogP contribution in [-0.4, -0.2) is 30.8 Å².